The monoisotopic (exact) mass is 309 g/mol. The Bertz CT molecular complexity index is 759. The number of nitrogens with zero attached hydrogens (tertiary/aromatic N) is 1. The van der Waals surface area contributed by atoms with Gasteiger partial charge in [-0.25, -0.2) is 4.98 Å². The van der Waals surface area contributed by atoms with Crippen LogP contribution >= 0.6 is 0 Å². The third kappa shape index (κ3) is 3.92. The highest BCUT2D eigenvalue weighted by atomic mass is 16.5. The van der Waals surface area contributed by atoms with E-state index in [4.69, 9.17) is 9.15 Å². The fraction of sp³-hybridized carbons (Fsp3) is 0.350. The lowest BCUT2D eigenvalue weighted by Gasteiger charge is -2.06. The minimum atomic E-state index is 0.653. The number of oxazole rings is 1. The lowest BCUT2D eigenvalue weighted by Crippen LogP contribution is -1.96. The van der Waals surface area contributed by atoms with Crippen molar-refractivity contribution in [2.75, 3.05) is 6.61 Å². The quantitative estimate of drug-likeness (QED) is 0.520. The van der Waals surface area contributed by atoms with Gasteiger partial charge in [0, 0.05) is 5.56 Å². The first kappa shape index (κ1) is 15.6. The van der Waals surface area contributed by atoms with Gasteiger partial charge in [-0.05, 0) is 55.3 Å². The van der Waals surface area contributed by atoms with Gasteiger partial charge in [0.2, 0.25) is 5.89 Å². The topological polar surface area (TPSA) is 35.3 Å². The summed E-state index contributed by atoms with van der Waals surface area (Å²) in [6.45, 7) is 5.04. The molecule has 3 rings (SSSR count). The zero-order valence-corrected chi connectivity index (χ0v) is 13.8. The van der Waals surface area contributed by atoms with E-state index in [1.165, 1.54) is 24.8 Å². The van der Waals surface area contributed by atoms with E-state index in [1.54, 1.807) is 0 Å². The Labute approximate surface area is 137 Å². The molecule has 0 bridgehead atoms. The van der Waals surface area contributed by atoms with Crippen molar-refractivity contribution in [1.29, 1.82) is 0 Å². The van der Waals surface area contributed by atoms with Crippen LogP contribution in [0.2, 0.25) is 0 Å². The molecule has 3 heteroatoms. The van der Waals surface area contributed by atoms with E-state index >= 15 is 0 Å². The van der Waals surface area contributed by atoms with Crippen molar-refractivity contribution in [1.82, 2.24) is 4.98 Å². The second kappa shape index (κ2) is 7.32. The number of benzene rings is 2. The molecule has 0 unspecified atom stereocenters. The van der Waals surface area contributed by atoms with Gasteiger partial charge >= 0.3 is 0 Å². The molecule has 0 N–H and O–H groups in total. The zero-order valence-electron chi connectivity index (χ0n) is 13.8. The average molecular weight is 309 g/mol. The number of aromatic nitrogens is 1. The molecule has 0 spiro atoms. The van der Waals surface area contributed by atoms with Gasteiger partial charge in [-0.15, -0.1) is 0 Å². The maximum Gasteiger partial charge on any atom is 0.227 e. The standard InChI is InChI=1S/C20H23NO2/c1-3-4-5-6-13-22-17-10-8-16(9-11-17)20-21-18-12-7-15(2)14-19(18)23-20/h7-12,14H,3-6,13H2,1-2H3. The number of ether oxygens (including phenoxy) is 1. The third-order valence-corrected chi connectivity index (χ3v) is 3.91. The van der Waals surface area contributed by atoms with E-state index in [1.807, 2.05) is 49.4 Å². The molecule has 0 aliphatic carbocycles. The van der Waals surface area contributed by atoms with Crippen LogP contribution in [0.3, 0.4) is 0 Å². The lowest BCUT2D eigenvalue weighted by atomic mass is 10.2. The summed E-state index contributed by atoms with van der Waals surface area (Å²) in [4.78, 5) is 4.54. The second-order valence-corrected chi connectivity index (χ2v) is 5.92. The number of fused-ring (bicyclic) bond motifs is 1. The molecule has 2 aromatic carbocycles. The van der Waals surface area contributed by atoms with Crippen LogP contribution in [0.15, 0.2) is 46.9 Å². The maximum absolute atomic E-state index is 5.85. The number of hydrogen-bond acceptors (Lipinski definition) is 3. The highest BCUT2D eigenvalue weighted by Gasteiger charge is 2.08. The van der Waals surface area contributed by atoms with Gasteiger partial charge in [0.05, 0.1) is 6.61 Å². The van der Waals surface area contributed by atoms with Crippen LogP contribution in [-0.2, 0) is 0 Å². The Hall–Kier alpha value is -2.29. The van der Waals surface area contributed by atoms with Crippen molar-refractivity contribution in [2.24, 2.45) is 0 Å². The molecule has 1 aromatic heterocycles. The Morgan fingerprint density at radius 3 is 2.61 bits per heavy atom. The van der Waals surface area contributed by atoms with E-state index < -0.39 is 0 Å². The smallest absolute Gasteiger partial charge is 0.227 e. The number of aryl methyl sites for hydroxylation is 1. The van der Waals surface area contributed by atoms with Gasteiger partial charge in [0.1, 0.15) is 11.3 Å². The van der Waals surface area contributed by atoms with Crippen LogP contribution in [0, 0.1) is 6.92 Å². The first-order valence-electron chi connectivity index (χ1n) is 8.36. The van der Waals surface area contributed by atoms with Crippen LogP contribution in [-0.4, -0.2) is 11.6 Å². The highest BCUT2D eigenvalue weighted by Crippen LogP contribution is 2.26. The fourth-order valence-electron chi connectivity index (χ4n) is 2.57. The summed E-state index contributed by atoms with van der Waals surface area (Å²) in [7, 11) is 0. The van der Waals surface area contributed by atoms with Gasteiger partial charge in [-0.3, -0.25) is 0 Å². The van der Waals surface area contributed by atoms with Crippen LogP contribution in [0.4, 0.5) is 0 Å². The Morgan fingerprint density at radius 1 is 1.00 bits per heavy atom. The predicted molar refractivity (Wildman–Crippen MR) is 93.8 cm³/mol. The summed E-state index contributed by atoms with van der Waals surface area (Å²) >= 11 is 0. The zero-order chi connectivity index (χ0) is 16.1. The third-order valence-electron chi connectivity index (χ3n) is 3.91. The molecule has 0 saturated heterocycles. The van der Waals surface area contributed by atoms with Crippen molar-refractivity contribution in [3.63, 3.8) is 0 Å². The Morgan fingerprint density at radius 2 is 1.83 bits per heavy atom. The number of unbranched alkanes of at least 4 members (excludes halogenated alkanes) is 3. The van der Waals surface area contributed by atoms with Crippen molar-refractivity contribution in [2.45, 2.75) is 39.5 Å². The van der Waals surface area contributed by atoms with Crippen molar-refractivity contribution in [3.05, 3.63) is 48.0 Å². The molecule has 0 radical (unpaired) electrons. The molecular weight excluding hydrogens is 286 g/mol. The molecular formula is C20H23NO2. The lowest BCUT2D eigenvalue weighted by molar-refractivity contribution is 0.305. The fourth-order valence-corrected chi connectivity index (χ4v) is 2.57. The molecule has 23 heavy (non-hydrogen) atoms. The van der Waals surface area contributed by atoms with Crippen molar-refractivity contribution >= 4 is 11.1 Å². The minimum Gasteiger partial charge on any atom is -0.494 e. The van der Waals surface area contributed by atoms with Crippen LogP contribution in [0.5, 0.6) is 5.75 Å². The van der Waals surface area contributed by atoms with Gasteiger partial charge in [-0.1, -0.05) is 32.3 Å². The molecule has 3 nitrogen and oxygen atoms in total. The number of rotatable bonds is 7. The van der Waals surface area contributed by atoms with Gasteiger partial charge < -0.3 is 9.15 Å². The Balaban J connectivity index is 1.66. The molecule has 3 aromatic rings. The highest BCUT2D eigenvalue weighted by molar-refractivity contribution is 5.76. The first-order valence-corrected chi connectivity index (χ1v) is 8.36. The van der Waals surface area contributed by atoms with E-state index in [0.717, 1.165) is 35.4 Å². The summed E-state index contributed by atoms with van der Waals surface area (Å²) in [5.74, 6) is 1.55. The average Bonchev–Trinajstić information content (AvgIpc) is 2.98. The van der Waals surface area contributed by atoms with E-state index in [0.29, 0.717) is 5.89 Å². The first-order chi connectivity index (χ1) is 11.3. The number of hydrogen-bond donors (Lipinski definition) is 0. The molecule has 120 valence electrons. The second-order valence-electron chi connectivity index (χ2n) is 5.92. The van der Waals surface area contributed by atoms with E-state index in [-0.39, 0.29) is 0 Å². The van der Waals surface area contributed by atoms with Crippen molar-refractivity contribution < 1.29 is 9.15 Å². The maximum atomic E-state index is 5.85. The minimum absolute atomic E-state index is 0.653. The molecule has 0 saturated carbocycles. The predicted octanol–water partition coefficient (Wildman–Crippen LogP) is 5.76. The summed E-state index contributed by atoms with van der Waals surface area (Å²) in [6, 6.07) is 14.0. The SMILES string of the molecule is CCCCCCOc1ccc(-c2nc3ccc(C)cc3o2)cc1. The summed E-state index contributed by atoms with van der Waals surface area (Å²) in [5.41, 5.74) is 3.86. The Kier molecular flexibility index (Phi) is 4.96. The van der Waals surface area contributed by atoms with Gasteiger partial charge in [0.25, 0.3) is 0 Å². The van der Waals surface area contributed by atoms with Gasteiger partial charge in [0.15, 0.2) is 5.58 Å². The normalized spacial score (nSPS) is 11.0. The largest absolute Gasteiger partial charge is 0.494 e. The molecule has 0 amide bonds. The summed E-state index contributed by atoms with van der Waals surface area (Å²) in [5, 5.41) is 0. The molecule has 0 fully saturated rings. The molecule has 0 atom stereocenters. The van der Waals surface area contributed by atoms with E-state index in [2.05, 4.69) is 11.9 Å². The van der Waals surface area contributed by atoms with Crippen LogP contribution in [0.25, 0.3) is 22.6 Å². The van der Waals surface area contributed by atoms with E-state index in [9.17, 15) is 0 Å². The summed E-state index contributed by atoms with van der Waals surface area (Å²) in [6.07, 6.45) is 4.87. The van der Waals surface area contributed by atoms with Crippen molar-refractivity contribution in [3.8, 4) is 17.2 Å². The molecule has 1 heterocycles. The summed E-state index contributed by atoms with van der Waals surface area (Å²) < 4.78 is 11.6. The van der Waals surface area contributed by atoms with Crippen LogP contribution < -0.4 is 4.74 Å². The van der Waals surface area contributed by atoms with Gasteiger partial charge in [-0.2, -0.15) is 0 Å². The van der Waals surface area contributed by atoms with Crippen LogP contribution in [0.1, 0.15) is 38.2 Å². The molecule has 0 aliphatic heterocycles. The molecule has 0 aliphatic rings.